The minimum atomic E-state index is -1.21. The molecule has 234 valence electrons. The molecule has 4 heterocycles. The Labute approximate surface area is 259 Å². The highest BCUT2D eigenvalue weighted by molar-refractivity contribution is 5.85. The van der Waals surface area contributed by atoms with Gasteiger partial charge >= 0.3 is 6.01 Å². The largest absolute Gasteiger partial charge is 0.490 e. The van der Waals surface area contributed by atoms with Crippen molar-refractivity contribution in [3.05, 3.63) is 65.0 Å². The van der Waals surface area contributed by atoms with Gasteiger partial charge in [-0.15, -0.1) is 24.8 Å². The topological polar surface area (TPSA) is 104 Å². The highest BCUT2D eigenvalue weighted by Gasteiger charge is 2.33. The smallest absolute Gasteiger partial charge is 0.324 e. The second-order valence-corrected chi connectivity index (χ2v) is 11.0. The van der Waals surface area contributed by atoms with E-state index < -0.39 is 29.4 Å². The average Bonchev–Trinajstić information content (AvgIpc) is 3.59. The molecule has 1 fully saturated rings. The first-order valence-electron chi connectivity index (χ1n) is 13.9. The molecule has 2 aromatic carbocycles. The van der Waals surface area contributed by atoms with Crippen LogP contribution in [0.2, 0.25) is 0 Å². The van der Waals surface area contributed by atoms with Crippen molar-refractivity contribution >= 4 is 41.9 Å². The van der Waals surface area contributed by atoms with Gasteiger partial charge in [-0.3, -0.25) is 0 Å². The zero-order chi connectivity index (χ0) is 28.8. The molecule has 0 saturated carbocycles. The van der Waals surface area contributed by atoms with Gasteiger partial charge in [-0.1, -0.05) is 5.16 Å². The van der Waals surface area contributed by atoms with E-state index in [1.165, 1.54) is 0 Å². The molecule has 9 nitrogen and oxygen atoms in total. The van der Waals surface area contributed by atoms with Gasteiger partial charge in [0.25, 0.3) is 0 Å². The first kappa shape index (κ1) is 32.8. The molecule has 2 aromatic heterocycles. The molecular formula is C29H35Cl2F3N6O3. The van der Waals surface area contributed by atoms with E-state index in [0.29, 0.717) is 42.5 Å². The lowest BCUT2D eigenvalue weighted by Gasteiger charge is -2.33. The van der Waals surface area contributed by atoms with E-state index in [-0.39, 0.29) is 42.6 Å². The van der Waals surface area contributed by atoms with E-state index in [1.807, 2.05) is 29.7 Å². The Hall–Kier alpha value is -3.06. The molecular weight excluding hydrogens is 608 g/mol. The van der Waals surface area contributed by atoms with Crippen molar-refractivity contribution in [1.82, 2.24) is 19.7 Å². The molecule has 0 radical (unpaired) electrons. The number of benzene rings is 2. The van der Waals surface area contributed by atoms with Crippen LogP contribution >= 0.6 is 24.8 Å². The van der Waals surface area contributed by atoms with E-state index in [9.17, 15) is 13.2 Å². The second-order valence-electron chi connectivity index (χ2n) is 11.0. The molecule has 0 aliphatic carbocycles. The monoisotopic (exact) mass is 642 g/mol. The van der Waals surface area contributed by atoms with Gasteiger partial charge in [-0.25, -0.2) is 18.2 Å². The fraction of sp³-hybridized carbons (Fsp3) is 0.483. The van der Waals surface area contributed by atoms with Crippen molar-refractivity contribution in [2.75, 3.05) is 25.1 Å². The number of anilines is 1. The Kier molecular flexibility index (Phi) is 10.2. The summed E-state index contributed by atoms with van der Waals surface area (Å²) in [7, 11) is 1.61. The van der Waals surface area contributed by atoms with Gasteiger partial charge in [0.2, 0.25) is 5.82 Å². The van der Waals surface area contributed by atoms with Crippen LogP contribution in [-0.2, 0) is 17.7 Å². The summed E-state index contributed by atoms with van der Waals surface area (Å²) in [4.78, 5) is 11.3. The quantitative estimate of drug-likeness (QED) is 0.255. The molecule has 0 amide bonds. The number of nitrogens with two attached hydrogens (primary N) is 1. The molecule has 0 spiro atoms. The lowest BCUT2D eigenvalue weighted by Crippen LogP contribution is -2.39. The Balaban J connectivity index is 0.00000212. The Bertz CT molecular complexity index is 1560. The number of fused-ring (bicyclic) bond motifs is 3. The molecule has 6 rings (SSSR count). The summed E-state index contributed by atoms with van der Waals surface area (Å²) in [6.07, 6.45) is 1.90. The third kappa shape index (κ3) is 6.43. The van der Waals surface area contributed by atoms with E-state index in [1.54, 1.807) is 7.11 Å². The van der Waals surface area contributed by atoms with E-state index >= 15 is 0 Å². The van der Waals surface area contributed by atoms with Crippen LogP contribution in [0.1, 0.15) is 55.9 Å². The maximum atomic E-state index is 14.5. The molecule has 43 heavy (non-hydrogen) atoms. The Morgan fingerprint density at radius 2 is 1.72 bits per heavy atom. The molecule has 4 aromatic rings. The Morgan fingerprint density at radius 3 is 2.44 bits per heavy atom. The minimum Gasteiger partial charge on any atom is -0.490 e. The molecule has 1 saturated heterocycles. The van der Waals surface area contributed by atoms with Crippen LogP contribution in [0.25, 0.3) is 11.0 Å². The van der Waals surface area contributed by atoms with Crippen molar-refractivity contribution in [2.45, 2.75) is 63.8 Å². The SMILES string of the molecule is CO[C@@H](C)c1noc(N2CCC([C@H](C)Oc3ccc4c(c3)nc3n4C[C@H](N)[C@@H](c4cc(F)c(F)cc4F)C3)CC2)n1.Cl.Cl. The molecule has 0 unspecified atom stereocenters. The van der Waals surface area contributed by atoms with Gasteiger partial charge in [0.05, 0.1) is 17.1 Å². The zero-order valence-electron chi connectivity index (χ0n) is 24.0. The first-order valence-corrected chi connectivity index (χ1v) is 13.9. The highest BCUT2D eigenvalue weighted by Crippen LogP contribution is 2.35. The van der Waals surface area contributed by atoms with Gasteiger partial charge < -0.3 is 29.2 Å². The molecule has 2 aliphatic heterocycles. The lowest BCUT2D eigenvalue weighted by atomic mass is 9.86. The van der Waals surface area contributed by atoms with Crippen molar-refractivity contribution in [1.29, 1.82) is 0 Å². The lowest BCUT2D eigenvalue weighted by molar-refractivity contribution is 0.109. The number of hydrogen-bond acceptors (Lipinski definition) is 8. The van der Waals surface area contributed by atoms with Crippen molar-refractivity contribution < 1.29 is 27.2 Å². The predicted molar refractivity (Wildman–Crippen MR) is 160 cm³/mol. The normalized spacial score (nSPS) is 20.2. The number of aromatic nitrogens is 4. The fourth-order valence-electron chi connectivity index (χ4n) is 5.94. The van der Waals surface area contributed by atoms with Crippen LogP contribution in [0.5, 0.6) is 5.75 Å². The van der Waals surface area contributed by atoms with E-state index in [0.717, 1.165) is 48.9 Å². The summed E-state index contributed by atoms with van der Waals surface area (Å²) in [5.74, 6) is -1.30. The van der Waals surface area contributed by atoms with Gasteiger partial charge in [-0.2, -0.15) is 4.98 Å². The van der Waals surface area contributed by atoms with Crippen LogP contribution in [0.3, 0.4) is 0 Å². The molecule has 4 atom stereocenters. The van der Waals surface area contributed by atoms with Gasteiger partial charge in [0.15, 0.2) is 11.6 Å². The van der Waals surface area contributed by atoms with Crippen molar-refractivity contribution in [3.8, 4) is 5.75 Å². The summed E-state index contributed by atoms with van der Waals surface area (Å²) >= 11 is 0. The number of imidazole rings is 1. The number of ether oxygens (including phenoxy) is 2. The van der Waals surface area contributed by atoms with E-state index in [2.05, 4.69) is 22.0 Å². The van der Waals surface area contributed by atoms with Gasteiger partial charge in [0, 0.05) is 57.3 Å². The predicted octanol–water partition coefficient (Wildman–Crippen LogP) is 5.74. The molecule has 14 heteroatoms. The summed E-state index contributed by atoms with van der Waals surface area (Å²) in [5, 5.41) is 4.02. The zero-order valence-corrected chi connectivity index (χ0v) is 25.6. The van der Waals surface area contributed by atoms with Crippen LogP contribution in [0.4, 0.5) is 19.2 Å². The maximum Gasteiger partial charge on any atom is 0.324 e. The van der Waals surface area contributed by atoms with Crippen LogP contribution < -0.4 is 15.4 Å². The summed E-state index contributed by atoms with van der Waals surface area (Å²) in [6.45, 7) is 5.91. The maximum absolute atomic E-state index is 14.5. The highest BCUT2D eigenvalue weighted by atomic mass is 35.5. The van der Waals surface area contributed by atoms with Crippen molar-refractivity contribution in [2.24, 2.45) is 11.7 Å². The van der Waals surface area contributed by atoms with Gasteiger partial charge in [-0.05, 0) is 56.4 Å². The summed E-state index contributed by atoms with van der Waals surface area (Å²) in [5.41, 5.74) is 8.12. The molecule has 2 aliphatic rings. The fourth-order valence-corrected chi connectivity index (χ4v) is 5.94. The number of hydrogen-bond donors (Lipinski definition) is 1. The average molecular weight is 644 g/mol. The minimum absolute atomic E-state index is 0. The second kappa shape index (κ2) is 13.3. The summed E-state index contributed by atoms with van der Waals surface area (Å²) < 4.78 is 61.0. The summed E-state index contributed by atoms with van der Waals surface area (Å²) in [6, 6.07) is 7.30. The number of methoxy groups -OCH3 is 1. The third-order valence-electron chi connectivity index (χ3n) is 8.49. The van der Waals surface area contributed by atoms with Crippen LogP contribution in [-0.4, -0.2) is 52.0 Å². The number of nitrogens with zero attached hydrogens (tertiary/aromatic N) is 5. The number of piperidine rings is 1. The third-order valence-corrected chi connectivity index (χ3v) is 8.49. The Morgan fingerprint density at radius 1 is 1.00 bits per heavy atom. The molecule has 2 N–H and O–H groups in total. The van der Waals surface area contributed by atoms with Crippen molar-refractivity contribution in [3.63, 3.8) is 0 Å². The van der Waals surface area contributed by atoms with E-state index in [4.69, 9.17) is 24.7 Å². The number of halogens is 5. The first-order chi connectivity index (χ1) is 19.7. The van der Waals surface area contributed by atoms with Crippen LogP contribution in [0.15, 0.2) is 34.9 Å². The van der Waals surface area contributed by atoms with Gasteiger partial charge in [0.1, 0.15) is 23.5 Å². The molecule has 0 bridgehead atoms. The number of rotatable bonds is 7. The van der Waals surface area contributed by atoms with Crippen LogP contribution in [0, 0.1) is 23.4 Å². The standard InChI is InChI=1S/C29H33F3N6O3.2ClH/c1-15(17-6-8-37(9-7-17)29-35-28(36-41-29)16(2)39-3)40-18-4-5-26-25(10-18)34-27-12-20(24(33)14-38(26)27)19-11-22(31)23(32)13-21(19)30;;/h4-5,10-11,13,15-17,20,24H,6-9,12,14,33H2,1-3H3;2*1H/t15-,16-,20+,24-;;/m0../s1.